The smallest absolute Gasteiger partial charge is 0.244 e. The van der Waals surface area contributed by atoms with Gasteiger partial charge in [0, 0.05) is 6.42 Å². The number of carbonyl (C=O) groups is 1. The summed E-state index contributed by atoms with van der Waals surface area (Å²) in [5.74, 6) is 0.797. The van der Waals surface area contributed by atoms with Gasteiger partial charge in [0.15, 0.2) is 0 Å². The van der Waals surface area contributed by atoms with E-state index in [0.29, 0.717) is 6.42 Å². The van der Waals surface area contributed by atoms with Crippen molar-refractivity contribution >= 4 is 22.9 Å². The van der Waals surface area contributed by atoms with E-state index in [-0.39, 0.29) is 11.5 Å². The van der Waals surface area contributed by atoms with E-state index in [1.54, 1.807) is 6.21 Å². The highest BCUT2D eigenvalue weighted by atomic mass is 16.5. The molecule has 3 aromatic carbocycles. The van der Waals surface area contributed by atoms with E-state index in [9.17, 15) is 4.79 Å². The van der Waals surface area contributed by atoms with Gasteiger partial charge in [-0.2, -0.15) is 5.10 Å². The van der Waals surface area contributed by atoms with Crippen LogP contribution in [0.25, 0.3) is 10.8 Å². The van der Waals surface area contributed by atoms with Crippen molar-refractivity contribution in [1.82, 2.24) is 5.43 Å². The van der Waals surface area contributed by atoms with Crippen molar-refractivity contribution in [2.75, 3.05) is 0 Å². The highest BCUT2D eigenvalue weighted by Crippen LogP contribution is 2.34. The van der Waals surface area contributed by atoms with Crippen LogP contribution in [0.4, 0.5) is 0 Å². The van der Waals surface area contributed by atoms with Crippen molar-refractivity contribution in [3.8, 4) is 5.75 Å². The van der Waals surface area contributed by atoms with E-state index >= 15 is 0 Å². The Labute approximate surface area is 158 Å². The van der Waals surface area contributed by atoms with E-state index in [1.165, 1.54) is 5.56 Å². The lowest BCUT2D eigenvalue weighted by molar-refractivity contribution is -0.120. The predicted molar refractivity (Wildman–Crippen MR) is 108 cm³/mol. The molecule has 0 aliphatic carbocycles. The number of hydrogen-bond acceptors (Lipinski definition) is 3. The number of rotatable bonds is 4. The molecule has 1 amide bonds. The van der Waals surface area contributed by atoms with Gasteiger partial charge in [0.25, 0.3) is 0 Å². The number of ether oxygens (including phenoxy) is 1. The normalized spacial score (nSPS) is 14.9. The standard InChI is InChI=1S/C23H22N2O2/c1-23(2)14-19-12-16(10-11-21(19)27-23)15-24-25-22(26)13-18-8-5-7-17-6-3-4-9-20(17)18/h3-12,15H,13-14H2,1-2H3,(H,25,26)/b24-15+. The third kappa shape index (κ3) is 3.85. The maximum absolute atomic E-state index is 12.3. The van der Waals surface area contributed by atoms with Gasteiger partial charge >= 0.3 is 0 Å². The first kappa shape index (κ1) is 17.3. The van der Waals surface area contributed by atoms with Crippen molar-refractivity contribution in [2.24, 2.45) is 5.10 Å². The van der Waals surface area contributed by atoms with E-state index in [1.807, 2.05) is 54.6 Å². The van der Waals surface area contributed by atoms with Gasteiger partial charge in [-0.3, -0.25) is 4.79 Å². The van der Waals surface area contributed by atoms with Crippen LogP contribution in [-0.4, -0.2) is 17.7 Å². The Balaban J connectivity index is 1.41. The summed E-state index contributed by atoms with van der Waals surface area (Å²) in [4.78, 5) is 12.3. The molecule has 0 spiro atoms. The van der Waals surface area contributed by atoms with Gasteiger partial charge in [-0.25, -0.2) is 5.43 Å². The fourth-order valence-electron chi connectivity index (χ4n) is 3.55. The van der Waals surface area contributed by atoms with Gasteiger partial charge in [0.1, 0.15) is 11.4 Å². The molecule has 0 saturated heterocycles. The lowest BCUT2D eigenvalue weighted by Gasteiger charge is -2.16. The summed E-state index contributed by atoms with van der Waals surface area (Å²) in [5, 5.41) is 6.35. The van der Waals surface area contributed by atoms with Crippen LogP contribution in [0.2, 0.25) is 0 Å². The van der Waals surface area contributed by atoms with E-state index in [4.69, 9.17) is 4.74 Å². The molecular weight excluding hydrogens is 336 g/mol. The Morgan fingerprint density at radius 2 is 1.96 bits per heavy atom. The molecule has 0 unspecified atom stereocenters. The Morgan fingerprint density at radius 1 is 1.15 bits per heavy atom. The maximum atomic E-state index is 12.3. The molecule has 4 nitrogen and oxygen atoms in total. The topological polar surface area (TPSA) is 50.7 Å². The average molecular weight is 358 g/mol. The Hall–Kier alpha value is -3.14. The van der Waals surface area contributed by atoms with Gasteiger partial charge < -0.3 is 4.74 Å². The first-order valence-electron chi connectivity index (χ1n) is 9.11. The molecule has 0 fully saturated rings. The molecule has 0 radical (unpaired) electrons. The fraction of sp³-hybridized carbons (Fsp3) is 0.217. The van der Waals surface area contributed by atoms with Crippen LogP contribution >= 0.6 is 0 Å². The fourth-order valence-corrected chi connectivity index (χ4v) is 3.55. The second kappa shape index (κ2) is 6.88. The molecule has 0 atom stereocenters. The quantitative estimate of drug-likeness (QED) is 0.560. The van der Waals surface area contributed by atoms with Crippen molar-refractivity contribution in [3.63, 3.8) is 0 Å². The van der Waals surface area contributed by atoms with Crippen LogP contribution in [0.3, 0.4) is 0 Å². The second-order valence-corrected chi connectivity index (χ2v) is 7.51. The minimum absolute atomic E-state index is 0.131. The van der Waals surface area contributed by atoms with Crippen LogP contribution < -0.4 is 10.2 Å². The first-order chi connectivity index (χ1) is 13.0. The predicted octanol–water partition coefficient (Wildman–Crippen LogP) is 4.25. The Morgan fingerprint density at radius 3 is 2.85 bits per heavy atom. The number of hydrogen-bond donors (Lipinski definition) is 1. The minimum atomic E-state index is -0.162. The summed E-state index contributed by atoms with van der Waals surface area (Å²) < 4.78 is 5.88. The molecule has 1 heterocycles. The van der Waals surface area contributed by atoms with E-state index in [0.717, 1.165) is 34.1 Å². The van der Waals surface area contributed by atoms with Crippen molar-refractivity contribution < 1.29 is 9.53 Å². The lowest BCUT2D eigenvalue weighted by Crippen LogP contribution is -2.24. The van der Waals surface area contributed by atoms with Gasteiger partial charge in [0.2, 0.25) is 5.91 Å². The second-order valence-electron chi connectivity index (χ2n) is 7.51. The number of amides is 1. The molecule has 0 saturated carbocycles. The number of hydrazone groups is 1. The molecule has 0 aromatic heterocycles. The summed E-state index contributed by atoms with van der Waals surface area (Å²) in [6.07, 6.45) is 2.84. The van der Waals surface area contributed by atoms with Gasteiger partial charge in [-0.1, -0.05) is 42.5 Å². The molecule has 0 bridgehead atoms. The van der Waals surface area contributed by atoms with Crippen LogP contribution in [0.5, 0.6) is 5.75 Å². The van der Waals surface area contributed by atoms with Crippen LogP contribution in [0.1, 0.15) is 30.5 Å². The monoisotopic (exact) mass is 358 g/mol. The number of nitrogens with zero attached hydrogens (tertiary/aromatic N) is 1. The van der Waals surface area contributed by atoms with Gasteiger partial charge in [-0.05, 0) is 59.5 Å². The zero-order chi connectivity index (χ0) is 18.9. The van der Waals surface area contributed by atoms with Crippen LogP contribution in [0, 0.1) is 0 Å². The van der Waals surface area contributed by atoms with Crippen molar-refractivity contribution in [1.29, 1.82) is 0 Å². The average Bonchev–Trinajstić information content (AvgIpc) is 2.95. The minimum Gasteiger partial charge on any atom is -0.487 e. The molecule has 4 heteroatoms. The first-order valence-corrected chi connectivity index (χ1v) is 9.11. The highest BCUT2D eigenvalue weighted by molar-refractivity contribution is 5.90. The maximum Gasteiger partial charge on any atom is 0.244 e. The summed E-state index contributed by atoms with van der Waals surface area (Å²) >= 11 is 0. The lowest BCUT2D eigenvalue weighted by atomic mass is 10.0. The SMILES string of the molecule is CC1(C)Cc2cc(/C=N/NC(=O)Cc3cccc4ccccc34)ccc2O1. The number of fused-ring (bicyclic) bond motifs is 2. The zero-order valence-electron chi connectivity index (χ0n) is 15.5. The third-order valence-corrected chi connectivity index (χ3v) is 4.72. The largest absolute Gasteiger partial charge is 0.487 e. The molecule has 136 valence electrons. The molecular formula is C23H22N2O2. The van der Waals surface area contributed by atoms with E-state index < -0.39 is 0 Å². The van der Waals surface area contributed by atoms with Crippen molar-refractivity contribution in [2.45, 2.75) is 32.3 Å². The summed E-state index contributed by atoms with van der Waals surface area (Å²) in [6.45, 7) is 4.16. The summed E-state index contributed by atoms with van der Waals surface area (Å²) in [6, 6.07) is 20.0. The number of benzene rings is 3. The molecule has 1 aliphatic heterocycles. The molecule has 27 heavy (non-hydrogen) atoms. The third-order valence-electron chi connectivity index (χ3n) is 4.72. The molecule has 3 aromatic rings. The summed E-state index contributed by atoms with van der Waals surface area (Å²) in [5.41, 5.74) is 5.58. The Bertz CT molecular complexity index is 1030. The van der Waals surface area contributed by atoms with Gasteiger partial charge in [-0.15, -0.1) is 0 Å². The Kier molecular flexibility index (Phi) is 4.40. The van der Waals surface area contributed by atoms with Crippen LogP contribution in [0.15, 0.2) is 65.8 Å². The van der Waals surface area contributed by atoms with Crippen molar-refractivity contribution in [3.05, 3.63) is 77.4 Å². The molecule has 1 aliphatic rings. The summed E-state index contributed by atoms with van der Waals surface area (Å²) in [7, 11) is 0. The molecule has 4 rings (SSSR count). The highest BCUT2D eigenvalue weighted by Gasteiger charge is 2.29. The van der Waals surface area contributed by atoms with Crippen LogP contribution in [-0.2, 0) is 17.6 Å². The molecule has 1 N–H and O–H groups in total. The van der Waals surface area contributed by atoms with E-state index in [2.05, 4.69) is 30.4 Å². The van der Waals surface area contributed by atoms with Gasteiger partial charge in [0.05, 0.1) is 12.6 Å². The number of nitrogens with one attached hydrogen (secondary N) is 1. The zero-order valence-corrected chi connectivity index (χ0v) is 15.5. The number of carbonyl (C=O) groups excluding carboxylic acids is 1.